The van der Waals surface area contributed by atoms with Gasteiger partial charge in [0.15, 0.2) is 5.78 Å². The Morgan fingerprint density at radius 3 is 1.84 bits per heavy atom. The van der Waals surface area contributed by atoms with Crippen LogP contribution in [0.15, 0.2) is 59.0 Å². The molecule has 0 saturated heterocycles. The summed E-state index contributed by atoms with van der Waals surface area (Å²) < 4.78 is 0. The first kappa shape index (κ1) is 32.1. The molecule has 0 radical (unpaired) electrons. The number of ketones is 2. The minimum Gasteiger partial charge on any atom is -0.507 e. The molecule has 6 nitrogen and oxygen atoms in total. The second-order valence-corrected chi connectivity index (χ2v) is 13.3. The third-order valence-electron chi connectivity index (χ3n) is 10.4. The van der Waals surface area contributed by atoms with Gasteiger partial charge in [-0.1, -0.05) is 77.0 Å². The van der Waals surface area contributed by atoms with Crippen molar-refractivity contribution in [3.8, 4) is 5.75 Å². The van der Waals surface area contributed by atoms with E-state index in [1.54, 1.807) is 18.2 Å². The molecule has 0 bridgehead atoms. The van der Waals surface area contributed by atoms with Gasteiger partial charge in [-0.3, -0.25) is 9.59 Å². The zero-order valence-corrected chi connectivity index (χ0v) is 27.0. The largest absolute Gasteiger partial charge is 0.507 e. The van der Waals surface area contributed by atoms with E-state index in [2.05, 4.69) is 9.80 Å². The first-order chi connectivity index (χ1) is 21.4. The molecule has 2 fully saturated rings. The predicted molar refractivity (Wildman–Crippen MR) is 179 cm³/mol. The molecular formula is C38H52N2O4. The average molecular weight is 601 g/mol. The van der Waals surface area contributed by atoms with E-state index in [0.29, 0.717) is 5.56 Å². The number of aliphatic hydroxyl groups is 1. The summed E-state index contributed by atoms with van der Waals surface area (Å²) >= 11 is 0. The van der Waals surface area contributed by atoms with Crippen LogP contribution >= 0.6 is 0 Å². The van der Waals surface area contributed by atoms with Gasteiger partial charge in [0.25, 0.3) is 0 Å². The molecule has 0 amide bonds. The highest BCUT2D eigenvalue weighted by atomic mass is 16.3. The molecule has 6 heteroatoms. The first-order valence-corrected chi connectivity index (χ1v) is 17.4. The fourth-order valence-corrected chi connectivity index (χ4v) is 7.77. The monoisotopic (exact) mass is 600 g/mol. The van der Waals surface area contributed by atoms with E-state index in [1.807, 2.05) is 26.0 Å². The normalized spacial score (nSPS) is 20.9. The summed E-state index contributed by atoms with van der Waals surface area (Å²) in [4.78, 5) is 30.6. The molecule has 238 valence electrons. The van der Waals surface area contributed by atoms with Crippen molar-refractivity contribution < 1.29 is 19.8 Å². The Morgan fingerprint density at radius 2 is 1.34 bits per heavy atom. The van der Waals surface area contributed by atoms with Crippen molar-refractivity contribution in [2.75, 3.05) is 31.1 Å². The van der Waals surface area contributed by atoms with E-state index in [-0.39, 0.29) is 34.0 Å². The molecule has 2 N–H and O–H groups in total. The van der Waals surface area contributed by atoms with Crippen LogP contribution in [0.4, 0.5) is 5.69 Å². The first-order valence-electron chi connectivity index (χ1n) is 17.4. The van der Waals surface area contributed by atoms with E-state index in [4.69, 9.17) is 0 Å². The number of aliphatic hydroxyl groups excluding tert-OH is 1. The number of aromatic hydroxyl groups is 1. The fourth-order valence-electron chi connectivity index (χ4n) is 7.77. The average Bonchev–Trinajstić information content (AvgIpc) is 3.74. The molecule has 5 rings (SSSR count). The molecule has 44 heavy (non-hydrogen) atoms. The van der Waals surface area contributed by atoms with Gasteiger partial charge in [-0.05, 0) is 62.8 Å². The van der Waals surface area contributed by atoms with E-state index < -0.39 is 5.78 Å². The molecule has 0 spiro atoms. The van der Waals surface area contributed by atoms with Crippen molar-refractivity contribution in [3.05, 3.63) is 64.6 Å². The van der Waals surface area contributed by atoms with Gasteiger partial charge in [0.2, 0.25) is 5.78 Å². The van der Waals surface area contributed by atoms with E-state index in [1.165, 1.54) is 83.1 Å². The van der Waals surface area contributed by atoms with Crippen molar-refractivity contribution >= 4 is 22.8 Å². The number of phenolic OH excluding ortho intramolecular Hbond substituents is 1. The van der Waals surface area contributed by atoms with Crippen LogP contribution in [0.3, 0.4) is 0 Å². The lowest BCUT2D eigenvalue weighted by Crippen LogP contribution is -2.27. The summed E-state index contributed by atoms with van der Waals surface area (Å²) in [6, 6.07) is 5.45. The quantitative estimate of drug-likeness (QED) is 0.155. The number of Topliss-reactive ketones (excluding diaryl/α,β-unsaturated/α-hetero) is 1. The molecule has 1 aromatic rings. The van der Waals surface area contributed by atoms with Crippen LogP contribution in [0.1, 0.15) is 109 Å². The zero-order valence-electron chi connectivity index (χ0n) is 27.0. The highest BCUT2D eigenvalue weighted by Crippen LogP contribution is 2.43. The number of nitrogens with zero attached hydrogens (tertiary/aromatic N) is 2. The summed E-state index contributed by atoms with van der Waals surface area (Å²) in [6.45, 7) is 7.50. The topological polar surface area (TPSA) is 81.1 Å². The Labute approximate surface area is 264 Å². The maximum Gasteiger partial charge on any atom is 0.202 e. The van der Waals surface area contributed by atoms with Gasteiger partial charge in [0.1, 0.15) is 11.5 Å². The SMILES string of the molecule is CCN(CC)C1=CC(=O)/C(=C2/C(=O)C(c3ccc(N(CCCCC4CCCC4)CCCCC4CCCC4)cc3O)=C2O)C=C1. The number of allylic oxidation sites excluding steroid dienone is 6. The molecule has 1 aromatic carbocycles. The van der Waals surface area contributed by atoms with Gasteiger partial charge >= 0.3 is 0 Å². The molecule has 4 aliphatic carbocycles. The molecule has 0 unspecified atom stereocenters. The number of carbonyl (C=O) groups is 2. The maximum absolute atomic E-state index is 13.3. The number of likely N-dealkylation sites (N-methyl/N-ethyl adjacent to an activating group) is 1. The third-order valence-corrected chi connectivity index (χ3v) is 10.4. The Kier molecular flexibility index (Phi) is 11.1. The standard InChI is InChI=1S/C38H52N2O4/c1-3-39(4-2)29-19-21-31(33(41)25-29)35-37(43)36(38(35)44)32-22-20-30(26-34(32)42)40(23-11-9-17-27-13-5-6-14-27)24-12-10-18-28-15-7-8-16-28/h19-22,25-28,42-43H,3-18,23-24H2,1-2H3/b35-31+. The van der Waals surface area contributed by atoms with Crippen LogP contribution in [0, 0.1) is 11.8 Å². The number of unbranched alkanes of at least 4 members (excludes halogenated alkanes) is 2. The number of anilines is 1. The molecule has 0 heterocycles. The summed E-state index contributed by atoms with van der Waals surface area (Å²) in [6.07, 6.45) is 23.4. The van der Waals surface area contributed by atoms with Crippen LogP contribution in [0.25, 0.3) is 5.57 Å². The Bertz CT molecular complexity index is 1300. The number of rotatable bonds is 15. The second kappa shape index (κ2) is 15.1. The van der Waals surface area contributed by atoms with E-state index >= 15 is 0 Å². The molecule has 2 saturated carbocycles. The maximum atomic E-state index is 13.3. The van der Waals surface area contributed by atoms with Crippen molar-refractivity contribution in [3.63, 3.8) is 0 Å². The molecular weight excluding hydrogens is 548 g/mol. The smallest absolute Gasteiger partial charge is 0.202 e. The van der Waals surface area contributed by atoms with E-state index in [9.17, 15) is 19.8 Å². The minimum atomic E-state index is -0.408. The van der Waals surface area contributed by atoms with Crippen molar-refractivity contribution in [2.24, 2.45) is 11.8 Å². The van der Waals surface area contributed by atoms with Gasteiger partial charge in [-0.2, -0.15) is 0 Å². The van der Waals surface area contributed by atoms with Gasteiger partial charge < -0.3 is 20.0 Å². The number of hydrogen-bond acceptors (Lipinski definition) is 6. The lowest BCUT2D eigenvalue weighted by atomic mass is 9.79. The zero-order chi connectivity index (χ0) is 31.1. The van der Waals surface area contributed by atoms with Gasteiger partial charge in [-0.25, -0.2) is 0 Å². The number of phenols is 1. The van der Waals surface area contributed by atoms with Crippen LogP contribution in [0.2, 0.25) is 0 Å². The van der Waals surface area contributed by atoms with E-state index in [0.717, 1.165) is 62.2 Å². The molecule has 0 atom stereocenters. The molecule has 0 aliphatic heterocycles. The van der Waals surface area contributed by atoms with Crippen molar-refractivity contribution in [2.45, 2.75) is 104 Å². The minimum absolute atomic E-state index is 0.0161. The van der Waals surface area contributed by atoms with Crippen LogP contribution in [-0.2, 0) is 9.59 Å². The Morgan fingerprint density at radius 1 is 0.750 bits per heavy atom. The lowest BCUT2D eigenvalue weighted by Gasteiger charge is -2.28. The van der Waals surface area contributed by atoms with Crippen molar-refractivity contribution in [1.29, 1.82) is 0 Å². The number of benzene rings is 1. The predicted octanol–water partition coefficient (Wildman–Crippen LogP) is 8.43. The van der Waals surface area contributed by atoms with Crippen LogP contribution in [0.5, 0.6) is 5.75 Å². The summed E-state index contributed by atoms with van der Waals surface area (Å²) in [5.41, 5.74) is 2.38. The number of hydrogen-bond donors (Lipinski definition) is 2. The fraction of sp³-hybridized carbons (Fsp3) is 0.579. The van der Waals surface area contributed by atoms with Gasteiger partial charge in [-0.15, -0.1) is 0 Å². The van der Waals surface area contributed by atoms with Crippen LogP contribution < -0.4 is 4.90 Å². The summed E-state index contributed by atoms with van der Waals surface area (Å²) in [5.74, 6) is 0.866. The highest BCUT2D eigenvalue weighted by Gasteiger charge is 2.39. The Balaban J connectivity index is 1.28. The second-order valence-electron chi connectivity index (χ2n) is 13.3. The van der Waals surface area contributed by atoms with Gasteiger partial charge in [0, 0.05) is 60.8 Å². The van der Waals surface area contributed by atoms with Crippen LogP contribution in [-0.4, -0.2) is 52.9 Å². The third kappa shape index (κ3) is 7.33. The number of carbonyl (C=O) groups excluding carboxylic acids is 2. The highest BCUT2D eigenvalue weighted by molar-refractivity contribution is 6.41. The Hall–Kier alpha value is -3.28. The summed E-state index contributed by atoms with van der Waals surface area (Å²) in [5, 5.41) is 22.1. The molecule has 4 aliphatic rings. The van der Waals surface area contributed by atoms with Gasteiger partial charge in [0.05, 0.1) is 11.1 Å². The molecule has 0 aromatic heterocycles. The van der Waals surface area contributed by atoms with Crippen molar-refractivity contribution in [1.82, 2.24) is 4.90 Å². The summed E-state index contributed by atoms with van der Waals surface area (Å²) in [7, 11) is 0. The lowest BCUT2D eigenvalue weighted by molar-refractivity contribution is -0.114.